The van der Waals surface area contributed by atoms with E-state index >= 15 is 0 Å². The summed E-state index contributed by atoms with van der Waals surface area (Å²) in [5.74, 6) is 2.02. The van der Waals surface area contributed by atoms with Gasteiger partial charge in [-0.15, -0.1) is 10.2 Å². The molecule has 3 aromatic carbocycles. The zero-order valence-corrected chi connectivity index (χ0v) is 20.5. The molecule has 0 saturated carbocycles. The Labute approximate surface area is 217 Å². The minimum absolute atomic E-state index is 0.140. The smallest absolute Gasteiger partial charge is 0.234 e. The summed E-state index contributed by atoms with van der Waals surface area (Å²) in [6.45, 7) is 0. The summed E-state index contributed by atoms with van der Waals surface area (Å²) in [6, 6.07) is 27.9. The second kappa shape index (κ2) is 11.1. The maximum atomic E-state index is 12.7. The summed E-state index contributed by atoms with van der Waals surface area (Å²) in [4.78, 5) is 16.8. The number of thioether (sulfide) groups is 1. The quantitative estimate of drug-likeness (QED) is 0.238. The fourth-order valence-electron chi connectivity index (χ4n) is 3.46. The third-order valence-electron chi connectivity index (χ3n) is 5.11. The van der Waals surface area contributed by atoms with Gasteiger partial charge in [-0.1, -0.05) is 53.7 Å². The van der Waals surface area contributed by atoms with Crippen LogP contribution in [0.2, 0.25) is 5.02 Å². The first-order valence-corrected chi connectivity index (χ1v) is 12.4. The van der Waals surface area contributed by atoms with Crippen molar-refractivity contribution in [3.8, 4) is 28.6 Å². The molecule has 0 aliphatic heterocycles. The molecule has 0 radical (unpaired) electrons. The summed E-state index contributed by atoms with van der Waals surface area (Å²) in [7, 11) is 0. The van der Waals surface area contributed by atoms with Gasteiger partial charge in [0.15, 0.2) is 11.0 Å². The highest BCUT2D eigenvalue weighted by Gasteiger charge is 2.19. The maximum absolute atomic E-state index is 12.7. The van der Waals surface area contributed by atoms with Crippen molar-refractivity contribution in [2.75, 3.05) is 11.1 Å². The molecule has 2 aromatic heterocycles. The van der Waals surface area contributed by atoms with Gasteiger partial charge in [0.25, 0.3) is 0 Å². The molecule has 0 bridgehead atoms. The molecule has 0 saturated heterocycles. The lowest BCUT2D eigenvalue weighted by molar-refractivity contribution is -0.113. The molecule has 2 heterocycles. The SMILES string of the molecule is O=C(CSc1nnc(-c2ccncc2)n1-c1ccccc1Cl)Nc1ccc(Oc2ccccc2)cc1. The summed E-state index contributed by atoms with van der Waals surface area (Å²) >= 11 is 7.77. The highest BCUT2D eigenvalue weighted by molar-refractivity contribution is 7.99. The second-order valence-electron chi connectivity index (χ2n) is 7.61. The van der Waals surface area contributed by atoms with Crippen molar-refractivity contribution in [1.82, 2.24) is 19.7 Å². The Morgan fingerprint density at radius 2 is 1.56 bits per heavy atom. The van der Waals surface area contributed by atoms with Crippen LogP contribution >= 0.6 is 23.4 Å². The number of aromatic nitrogens is 4. The topological polar surface area (TPSA) is 81.9 Å². The van der Waals surface area contributed by atoms with Crippen LogP contribution in [0.15, 0.2) is 109 Å². The standard InChI is InChI=1S/C27H20ClN5O2S/c28-23-8-4-5-9-24(23)33-26(19-14-16-29-17-15-19)31-32-27(33)36-18-25(34)30-20-10-12-22(13-11-20)35-21-6-2-1-3-7-21/h1-17H,18H2,(H,30,34). The van der Waals surface area contributed by atoms with E-state index in [1.165, 1.54) is 11.8 Å². The van der Waals surface area contributed by atoms with Gasteiger partial charge >= 0.3 is 0 Å². The molecule has 0 spiro atoms. The highest BCUT2D eigenvalue weighted by atomic mass is 35.5. The molecule has 0 fully saturated rings. The minimum atomic E-state index is -0.170. The van der Waals surface area contributed by atoms with Crippen LogP contribution in [0.5, 0.6) is 11.5 Å². The van der Waals surface area contributed by atoms with Crippen LogP contribution < -0.4 is 10.1 Å². The number of para-hydroxylation sites is 2. The number of hydrogen-bond acceptors (Lipinski definition) is 6. The Bertz CT molecular complexity index is 1460. The first-order chi connectivity index (χ1) is 17.7. The number of nitrogens with zero attached hydrogens (tertiary/aromatic N) is 4. The monoisotopic (exact) mass is 513 g/mol. The maximum Gasteiger partial charge on any atom is 0.234 e. The zero-order chi connectivity index (χ0) is 24.7. The van der Waals surface area contributed by atoms with Crippen LogP contribution in [-0.2, 0) is 4.79 Å². The fraction of sp³-hybridized carbons (Fsp3) is 0.0370. The summed E-state index contributed by atoms with van der Waals surface area (Å²) in [5.41, 5.74) is 2.24. The van der Waals surface area contributed by atoms with Crippen LogP contribution in [-0.4, -0.2) is 31.4 Å². The molecular formula is C27H20ClN5O2S. The van der Waals surface area contributed by atoms with Gasteiger partial charge in [0.1, 0.15) is 11.5 Å². The predicted octanol–water partition coefficient (Wildman–Crippen LogP) is 6.51. The van der Waals surface area contributed by atoms with Crippen LogP contribution in [0.1, 0.15) is 0 Å². The normalized spacial score (nSPS) is 10.7. The Balaban J connectivity index is 1.29. The number of anilines is 1. The molecule has 0 aliphatic rings. The van der Waals surface area contributed by atoms with Crippen molar-refractivity contribution < 1.29 is 9.53 Å². The average molecular weight is 514 g/mol. The van der Waals surface area contributed by atoms with E-state index in [2.05, 4.69) is 20.5 Å². The average Bonchev–Trinajstić information content (AvgIpc) is 3.34. The summed E-state index contributed by atoms with van der Waals surface area (Å²) in [5, 5.41) is 12.7. The van der Waals surface area contributed by atoms with Gasteiger partial charge in [-0.25, -0.2) is 0 Å². The van der Waals surface area contributed by atoms with Crippen LogP contribution in [0.25, 0.3) is 17.1 Å². The third kappa shape index (κ3) is 5.56. The number of rotatable bonds is 8. The lowest BCUT2D eigenvalue weighted by atomic mass is 10.2. The molecule has 178 valence electrons. The molecule has 0 unspecified atom stereocenters. The van der Waals surface area contributed by atoms with Gasteiger partial charge in [0.05, 0.1) is 16.5 Å². The Hall–Kier alpha value is -4.14. The fourth-order valence-corrected chi connectivity index (χ4v) is 4.42. The van der Waals surface area contributed by atoms with E-state index in [1.54, 1.807) is 30.6 Å². The number of carbonyl (C=O) groups excluding carboxylic acids is 1. The van der Waals surface area contributed by atoms with E-state index in [1.807, 2.05) is 77.4 Å². The van der Waals surface area contributed by atoms with Gasteiger partial charge in [-0.05, 0) is 60.7 Å². The minimum Gasteiger partial charge on any atom is -0.457 e. The number of carbonyl (C=O) groups is 1. The molecule has 1 N–H and O–H groups in total. The van der Waals surface area contributed by atoms with E-state index in [-0.39, 0.29) is 11.7 Å². The van der Waals surface area contributed by atoms with E-state index in [4.69, 9.17) is 16.3 Å². The molecule has 5 aromatic rings. The van der Waals surface area contributed by atoms with Gasteiger partial charge in [0.2, 0.25) is 5.91 Å². The number of pyridine rings is 1. The van der Waals surface area contributed by atoms with Crippen molar-refractivity contribution in [2.45, 2.75) is 5.16 Å². The number of halogens is 1. The van der Waals surface area contributed by atoms with Crippen LogP contribution in [0.3, 0.4) is 0 Å². The van der Waals surface area contributed by atoms with E-state index < -0.39 is 0 Å². The van der Waals surface area contributed by atoms with Crippen molar-refractivity contribution in [3.05, 3.63) is 108 Å². The number of benzene rings is 3. The van der Waals surface area contributed by atoms with Crippen LogP contribution in [0.4, 0.5) is 5.69 Å². The number of hydrogen-bond donors (Lipinski definition) is 1. The van der Waals surface area contributed by atoms with E-state index in [9.17, 15) is 4.79 Å². The highest BCUT2D eigenvalue weighted by Crippen LogP contribution is 2.31. The van der Waals surface area contributed by atoms with E-state index in [0.717, 1.165) is 17.0 Å². The van der Waals surface area contributed by atoms with Crippen LogP contribution in [0, 0.1) is 0 Å². The number of amides is 1. The molecular weight excluding hydrogens is 494 g/mol. The first kappa shape index (κ1) is 23.6. The lowest BCUT2D eigenvalue weighted by Crippen LogP contribution is -2.14. The lowest BCUT2D eigenvalue weighted by Gasteiger charge is -2.12. The molecule has 5 rings (SSSR count). The van der Waals surface area contributed by atoms with Gasteiger partial charge < -0.3 is 10.1 Å². The van der Waals surface area contributed by atoms with Crippen molar-refractivity contribution in [1.29, 1.82) is 0 Å². The molecule has 36 heavy (non-hydrogen) atoms. The molecule has 0 aliphatic carbocycles. The predicted molar refractivity (Wildman–Crippen MR) is 142 cm³/mol. The van der Waals surface area contributed by atoms with Gasteiger partial charge in [-0.3, -0.25) is 14.3 Å². The molecule has 0 atom stereocenters. The summed E-state index contributed by atoms with van der Waals surface area (Å²) in [6.07, 6.45) is 3.38. The first-order valence-electron chi connectivity index (χ1n) is 11.0. The summed E-state index contributed by atoms with van der Waals surface area (Å²) < 4.78 is 7.65. The van der Waals surface area contributed by atoms with E-state index in [0.29, 0.717) is 27.4 Å². The number of ether oxygens (including phenoxy) is 1. The molecule has 7 nitrogen and oxygen atoms in total. The Morgan fingerprint density at radius 1 is 0.861 bits per heavy atom. The third-order valence-corrected chi connectivity index (χ3v) is 6.36. The molecule has 1 amide bonds. The molecule has 9 heteroatoms. The zero-order valence-electron chi connectivity index (χ0n) is 18.9. The largest absolute Gasteiger partial charge is 0.457 e. The Kier molecular flexibility index (Phi) is 7.25. The number of nitrogens with one attached hydrogen (secondary N) is 1. The van der Waals surface area contributed by atoms with Gasteiger partial charge in [-0.2, -0.15) is 0 Å². The second-order valence-corrected chi connectivity index (χ2v) is 8.95. The van der Waals surface area contributed by atoms with Crippen molar-refractivity contribution >= 4 is 35.0 Å². The van der Waals surface area contributed by atoms with Crippen molar-refractivity contribution in [3.63, 3.8) is 0 Å². The Morgan fingerprint density at radius 3 is 2.31 bits per heavy atom. The van der Waals surface area contributed by atoms with Gasteiger partial charge in [0, 0.05) is 23.6 Å². The van der Waals surface area contributed by atoms with Crippen molar-refractivity contribution in [2.24, 2.45) is 0 Å².